The Morgan fingerprint density at radius 3 is 2.52 bits per heavy atom. The van der Waals surface area contributed by atoms with Gasteiger partial charge in [0.2, 0.25) is 10.0 Å². The molecule has 0 radical (unpaired) electrons. The second-order valence-corrected chi connectivity index (χ2v) is 7.48. The molecule has 1 unspecified atom stereocenters. The number of ether oxygens (including phenoxy) is 1. The predicted octanol–water partition coefficient (Wildman–Crippen LogP) is 2.66. The Morgan fingerprint density at radius 1 is 1.24 bits per heavy atom. The number of nitrogens with one attached hydrogen (secondary N) is 1. The van der Waals surface area contributed by atoms with Gasteiger partial charge >= 0.3 is 5.97 Å². The van der Waals surface area contributed by atoms with Crippen LogP contribution in [0.5, 0.6) is 0 Å². The minimum Gasteiger partial charge on any atom is -0.465 e. The van der Waals surface area contributed by atoms with E-state index in [4.69, 9.17) is 11.6 Å². The highest BCUT2D eigenvalue weighted by Crippen LogP contribution is 2.19. The van der Waals surface area contributed by atoms with Gasteiger partial charge in [0.1, 0.15) is 5.75 Å². The lowest BCUT2D eigenvalue weighted by Crippen LogP contribution is -2.30. The molecular weight excluding hydrogens is 364 g/mol. The molecule has 1 heterocycles. The van der Waals surface area contributed by atoms with Crippen LogP contribution in [0.15, 0.2) is 48.7 Å². The van der Waals surface area contributed by atoms with E-state index in [1.165, 1.54) is 25.4 Å². The van der Waals surface area contributed by atoms with Gasteiger partial charge in [0, 0.05) is 18.1 Å². The smallest absolute Gasteiger partial charge is 0.339 e. The van der Waals surface area contributed by atoms with Crippen LogP contribution in [0.25, 0.3) is 0 Å². The first kappa shape index (κ1) is 19.4. The Balaban J connectivity index is 2.10. The van der Waals surface area contributed by atoms with Crippen LogP contribution in [0.1, 0.15) is 34.1 Å². The van der Waals surface area contributed by atoms with Crippen LogP contribution in [0.2, 0.25) is 0 Å². The van der Waals surface area contributed by atoms with Gasteiger partial charge in [-0.15, -0.1) is 11.6 Å². The van der Waals surface area contributed by atoms with Crippen LogP contribution in [0.3, 0.4) is 0 Å². The van der Waals surface area contributed by atoms with Crippen LogP contribution in [-0.4, -0.2) is 32.4 Å². The fourth-order valence-corrected chi connectivity index (χ4v) is 3.84. The van der Waals surface area contributed by atoms with E-state index >= 15 is 0 Å². The van der Waals surface area contributed by atoms with Gasteiger partial charge in [-0.25, -0.2) is 17.9 Å². The third kappa shape index (κ3) is 5.81. The normalized spacial score (nSPS) is 12.6. The van der Waals surface area contributed by atoms with Crippen molar-refractivity contribution in [3.8, 4) is 0 Å². The highest BCUT2D eigenvalue weighted by atomic mass is 35.5. The van der Waals surface area contributed by atoms with Gasteiger partial charge in [-0.2, -0.15) is 0 Å². The number of halogens is 1. The van der Waals surface area contributed by atoms with Crippen LogP contribution in [0, 0.1) is 0 Å². The maximum atomic E-state index is 12.4. The Morgan fingerprint density at radius 2 is 1.96 bits per heavy atom. The first-order valence-corrected chi connectivity index (χ1v) is 9.78. The van der Waals surface area contributed by atoms with Gasteiger partial charge in [0.05, 0.1) is 18.4 Å². The van der Waals surface area contributed by atoms with E-state index in [1.807, 2.05) is 30.3 Å². The predicted molar refractivity (Wildman–Crippen MR) is 95.9 cm³/mol. The molecule has 8 heteroatoms. The fraction of sp³-hybridized carbons (Fsp3) is 0.294. The molecule has 0 amide bonds. The van der Waals surface area contributed by atoms with Crippen molar-refractivity contribution >= 4 is 27.6 Å². The number of methoxy groups -OCH3 is 1. The quantitative estimate of drug-likeness (QED) is 0.560. The molecule has 1 atom stereocenters. The summed E-state index contributed by atoms with van der Waals surface area (Å²) in [5, 5.41) is 0. The first-order valence-electron chi connectivity index (χ1n) is 7.59. The SMILES string of the molecule is COC(=O)c1ccc(CS(=O)(=O)NC(CCCl)c2ccccc2)nc1. The van der Waals surface area contributed by atoms with Gasteiger partial charge in [-0.3, -0.25) is 4.98 Å². The van der Waals surface area contributed by atoms with E-state index in [0.717, 1.165) is 5.56 Å². The van der Waals surface area contributed by atoms with Crippen molar-refractivity contribution in [2.45, 2.75) is 18.2 Å². The average Bonchev–Trinajstić information content (AvgIpc) is 2.61. The number of esters is 1. The number of sulfonamides is 1. The number of carbonyl (C=O) groups is 1. The van der Waals surface area contributed by atoms with E-state index in [1.54, 1.807) is 0 Å². The Hall–Kier alpha value is -1.96. The third-order valence-corrected chi connectivity index (χ3v) is 5.04. The van der Waals surface area contributed by atoms with Gasteiger partial charge in [0.15, 0.2) is 0 Å². The van der Waals surface area contributed by atoms with E-state index in [2.05, 4.69) is 14.4 Å². The second-order valence-electron chi connectivity index (χ2n) is 5.35. The first-order chi connectivity index (χ1) is 11.9. The molecule has 0 aliphatic rings. The van der Waals surface area contributed by atoms with E-state index in [0.29, 0.717) is 18.0 Å². The van der Waals surface area contributed by atoms with Crippen LogP contribution in [0.4, 0.5) is 0 Å². The van der Waals surface area contributed by atoms with Gasteiger partial charge < -0.3 is 4.74 Å². The molecule has 0 fully saturated rings. The standard InChI is InChI=1S/C17H19ClN2O4S/c1-24-17(21)14-7-8-15(19-11-14)12-25(22,23)20-16(9-10-18)13-5-3-2-4-6-13/h2-8,11,16,20H,9-10,12H2,1H3. The maximum Gasteiger partial charge on any atom is 0.339 e. The van der Waals surface area contributed by atoms with Gasteiger partial charge in [-0.1, -0.05) is 30.3 Å². The maximum absolute atomic E-state index is 12.4. The number of alkyl halides is 1. The molecule has 0 aliphatic carbocycles. The largest absolute Gasteiger partial charge is 0.465 e. The van der Waals surface area contributed by atoms with Crippen LogP contribution in [-0.2, 0) is 20.5 Å². The molecule has 0 saturated carbocycles. The van der Waals surface area contributed by atoms with Crippen molar-refractivity contribution in [3.05, 3.63) is 65.5 Å². The minimum atomic E-state index is -3.63. The number of nitrogens with zero attached hydrogens (tertiary/aromatic N) is 1. The second kappa shape index (κ2) is 8.94. The molecule has 0 saturated heterocycles. The summed E-state index contributed by atoms with van der Waals surface area (Å²) < 4.78 is 32.1. The number of aromatic nitrogens is 1. The van der Waals surface area contributed by atoms with Crippen LogP contribution < -0.4 is 4.72 Å². The summed E-state index contributed by atoms with van der Waals surface area (Å²) in [7, 11) is -2.36. The minimum absolute atomic E-state index is 0.265. The van der Waals surface area contributed by atoms with Crippen molar-refractivity contribution in [1.82, 2.24) is 9.71 Å². The Bertz CT molecular complexity index is 795. The van der Waals surface area contributed by atoms with Crippen molar-refractivity contribution in [2.75, 3.05) is 13.0 Å². The van der Waals surface area contributed by atoms with Crippen molar-refractivity contribution in [3.63, 3.8) is 0 Å². The lowest BCUT2D eigenvalue weighted by Gasteiger charge is -2.18. The van der Waals surface area contributed by atoms with E-state index in [9.17, 15) is 13.2 Å². The molecule has 6 nitrogen and oxygen atoms in total. The molecule has 0 spiro atoms. The van der Waals surface area contributed by atoms with Crippen molar-refractivity contribution < 1.29 is 17.9 Å². The molecule has 2 aromatic rings. The zero-order valence-corrected chi connectivity index (χ0v) is 15.3. The van der Waals surface area contributed by atoms with E-state index < -0.39 is 22.0 Å². The topological polar surface area (TPSA) is 85.4 Å². The molecule has 1 aromatic heterocycles. The van der Waals surface area contributed by atoms with Crippen LogP contribution >= 0.6 is 11.6 Å². The third-order valence-electron chi connectivity index (χ3n) is 3.51. The summed E-state index contributed by atoms with van der Waals surface area (Å²) in [5.41, 5.74) is 1.44. The summed E-state index contributed by atoms with van der Waals surface area (Å²) in [6.45, 7) is 0. The van der Waals surface area contributed by atoms with Gasteiger partial charge in [-0.05, 0) is 24.1 Å². The number of rotatable bonds is 8. The average molecular weight is 383 g/mol. The lowest BCUT2D eigenvalue weighted by atomic mass is 10.1. The molecule has 0 aliphatic heterocycles. The van der Waals surface area contributed by atoms with Gasteiger partial charge in [0.25, 0.3) is 0 Å². The zero-order valence-electron chi connectivity index (χ0n) is 13.7. The Labute approximate surface area is 152 Å². The summed E-state index contributed by atoms with van der Waals surface area (Å²) >= 11 is 5.81. The molecule has 0 bridgehead atoms. The summed E-state index contributed by atoms with van der Waals surface area (Å²) in [6, 6.07) is 11.8. The highest BCUT2D eigenvalue weighted by Gasteiger charge is 2.20. The van der Waals surface area contributed by atoms with Crippen molar-refractivity contribution in [1.29, 1.82) is 0 Å². The number of hydrogen-bond donors (Lipinski definition) is 1. The zero-order chi connectivity index (χ0) is 18.3. The molecule has 2 rings (SSSR count). The number of pyridine rings is 1. The monoisotopic (exact) mass is 382 g/mol. The highest BCUT2D eigenvalue weighted by molar-refractivity contribution is 7.88. The number of benzene rings is 1. The summed E-state index contributed by atoms with van der Waals surface area (Å²) in [4.78, 5) is 15.4. The Kier molecular flexibility index (Phi) is 6.92. The molecule has 25 heavy (non-hydrogen) atoms. The molecule has 1 aromatic carbocycles. The summed E-state index contributed by atoms with van der Waals surface area (Å²) in [6.07, 6.45) is 1.77. The number of hydrogen-bond acceptors (Lipinski definition) is 5. The molecule has 1 N–H and O–H groups in total. The lowest BCUT2D eigenvalue weighted by molar-refractivity contribution is 0.0600. The molecule has 134 valence electrons. The number of carbonyl (C=O) groups excluding carboxylic acids is 1. The fourth-order valence-electron chi connectivity index (χ4n) is 2.29. The molecular formula is C17H19ClN2O4S. The van der Waals surface area contributed by atoms with Crippen molar-refractivity contribution in [2.24, 2.45) is 0 Å². The van der Waals surface area contributed by atoms with E-state index in [-0.39, 0.29) is 11.3 Å². The summed E-state index contributed by atoms with van der Waals surface area (Å²) in [5.74, 6) is -0.486.